The SMILES string of the molecule is O=c1oc(-c2ccc(F)cc2)nn1CC(O)c1ccc(F)cc1. The van der Waals surface area contributed by atoms with Gasteiger partial charge in [0.2, 0.25) is 5.89 Å². The van der Waals surface area contributed by atoms with Gasteiger partial charge in [0.05, 0.1) is 12.6 Å². The van der Waals surface area contributed by atoms with Gasteiger partial charge in [-0.2, -0.15) is 4.68 Å². The molecule has 1 heterocycles. The lowest BCUT2D eigenvalue weighted by molar-refractivity contribution is 0.148. The standard InChI is InChI=1S/C16H12F2N2O3/c17-12-5-1-10(2-6-12)14(21)9-20-16(22)23-15(19-20)11-3-7-13(18)8-4-11/h1-8,14,21H,9H2. The van der Waals surface area contributed by atoms with E-state index in [1.165, 1.54) is 48.5 Å². The minimum absolute atomic E-state index is 0.0290. The first-order valence-electron chi connectivity index (χ1n) is 6.80. The summed E-state index contributed by atoms with van der Waals surface area (Å²) in [5.41, 5.74) is 0.892. The summed E-state index contributed by atoms with van der Waals surface area (Å²) >= 11 is 0. The first kappa shape index (κ1) is 15.1. The van der Waals surface area contributed by atoms with E-state index in [-0.39, 0.29) is 12.4 Å². The monoisotopic (exact) mass is 318 g/mol. The van der Waals surface area contributed by atoms with Crippen molar-refractivity contribution in [3.63, 3.8) is 0 Å². The molecule has 0 bridgehead atoms. The zero-order valence-electron chi connectivity index (χ0n) is 11.8. The third kappa shape index (κ3) is 3.35. The molecule has 0 aliphatic carbocycles. The average molecular weight is 318 g/mol. The normalized spacial score (nSPS) is 12.3. The molecule has 0 radical (unpaired) electrons. The maximum atomic E-state index is 12.9. The first-order valence-corrected chi connectivity index (χ1v) is 6.80. The molecule has 2 aromatic carbocycles. The van der Waals surface area contributed by atoms with Crippen molar-refractivity contribution in [1.29, 1.82) is 0 Å². The molecule has 5 nitrogen and oxygen atoms in total. The van der Waals surface area contributed by atoms with E-state index in [0.717, 1.165) is 4.68 Å². The Kier molecular flexibility index (Phi) is 4.03. The van der Waals surface area contributed by atoms with Gasteiger partial charge in [-0.3, -0.25) is 0 Å². The Bertz CT molecular complexity index is 854. The number of aliphatic hydroxyl groups is 1. The van der Waals surface area contributed by atoms with E-state index in [1.807, 2.05) is 0 Å². The molecule has 0 saturated carbocycles. The molecule has 1 unspecified atom stereocenters. The minimum atomic E-state index is -1.04. The Morgan fingerprint density at radius 2 is 1.61 bits per heavy atom. The number of rotatable bonds is 4. The van der Waals surface area contributed by atoms with Crippen molar-refractivity contribution in [3.8, 4) is 11.5 Å². The molecule has 1 atom stereocenters. The topological polar surface area (TPSA) is 68.3 Å². The maximum Gasteiger partial charge on any atom is 0.437 e. The van der Waals surface area contributed by atoms with Gasteiger partial charge >= 0.3 is 5.76 Å². The van der Waals surface area contributed by atoms with Crippen LogP contribution in [0.25, 0.3) is 11.5 Å². The molecular weight excluding hydrogens is 306 g/mol. The van der Waals surface area contributed by atoms with E-state index < -0.39 is 23.5 Å². The molecule has 3 aromatic rings. The van der Waals surface area contributed by atoms with E-state index in [0.29, 0.717) is 11.1 Å². The predicted molar refractivity (Wildman–Crippen MR) is 77.5 cm³/mol. The molecule has 1 N–H and O–H groups in total. The Labute approximate surface area is 129 Å². The number of nitrogens with zero attached hydrogens (tertiary/aromatic N) is 2. The second-order valence-corrected chi connectivity index (χ2v) is 4.93. The van der Waals surface area contributed by atoms with Crippen LogP contribution in [0.3, 0.4) is 0 Å². The van der Waals surface area contributed by atoms with Crippen LogP contribution in [0, 0.1) is 11.6 Å². The molecule has 118 valence electrons. The fraction of sp³-hybridized carbons (Fsp3) is 0.125. The lowest BCUT2D eigenvalue weighted by atomic mass is 10.1. The van der Waals surface area contributed by atoms with Gasteiger partial charge in [0, 0.05) is 5.56 Å². The van der Waals surface area contributed by atoms with Crippen molar-refractivity contribution in [3.05, 3.63) is 76.3 Å². The lowest BCUT2D eigenvalue weighted by Crippen LogP contribution is -2.20. The third-order valence-electron chi connectivity index (χ3n) is 3.30. The van der Waals surface area contributed by atoms with Gasteiger partial charge in [0.15, 0.2) is 0 Å². The number of aromatic nitrogens is 2. The quantitative estimate of drug-likeness (QED) is 0.802. The number of hydrogen-bond acceptors (Lipinski definition) is 4. The fourth-order valence-corrected chi connectivity index (χ4v) is 2.08. The second kappa shape index (κ2) is 6.13. The predicted octanol–water partition coefficient (Wildman–Crippen LogP) is 2.52. The summed E-state index contributed by atoms with van der Waals surface area (Å²) in [6, 6.07) is 10.6. The summed E-state index contributed by atoms with van der Waals surface area (Å²) in [7, 11) is 0. The van der Waals surface area contributed by atoms with E-state index >= 15 is 0 Å². The highest BCUT2D eigenvalue weighted by Crippen LogP contribution is 2.18. The summed E-state index contributed by atoms with van der Waals surface area (Å²) < 4.78 is 31.7. The number of halogens is 2. The van der Waals surface area contributed by atoms with E-state index in [1.54, 1.807) is 0 Å². The highest BCUT2D eigenvalue weighted by Gasteiger charge is 2.15. The minimum Gasteiger partial charge on any atom is -0.388 e. The number of hydrogen-bond donors (Lipinski definition) is 1. The smallest absolute Gasteiger partial charge is 0.388 e. The second-order valence-electron chi connectivity index (χ2n) is 4.93. The van der Waals surface area contributed by atoms with Gasteiger partial charge in [0.25, 0.3) is 0 Å². The fourth-order valence-electron chi connectivity index (χ4n) is 2.08. The molecule has 0 aliphatic heterocycles. The molecule has 0 aliphatic rings. The van der Waals surface area contributed by atoms with Crippen LogP contribution < -0.4 is 5.76 Å². The van der Waals surface area contributed by atoms with Gasteiger partial charge in [-0.25, -0.2) is 13.6 Å². The summed E-state index contributed by atoms with van der Waals surface area (Å²) in [5.74, 6) is -1.55. The van der Waals surface area contributed by atoms with Gasteiger partial charge in [-0.1, -0.05) is 12.1 Å². The zero-order chi connectivity index (χ0) is 16.4. The largest absolute Gasteiger partial charge is 0.437 e. The molecule has 0 saturated heterocycles. The van der Waals surface area contributed by atoms with Gasteiger partial charge in [-0.15, -0.1) is 5.10 Å². The number of aliphatic hydroxyl groups excluding tert-OH is 1. The van der Waals surface area contributed by atoms with Crippen LogP contribution in [0.1, 0.15) is 11.7 Å². The molecule has 0 spiro atoms. The van der Waals surface area contributed by atoms with Crippen LogP contribution in [0.15, 0.2) is 57.7 Å². The summed E-state index contributed by atoms with van der Waals surface area (Å²) in [4.78, 5) is 11.8. The van der Waals surface area contributed by atoms with Crippen molar-refractivity contribution in [2.45, 2.75) is 12.6 Å². The van der Waals surface area contributed by atoms with Crippen molar-refractivity contribution >= 4 is 0 Å². The van der Waals surface area contributed by atoms with Crippen LogP contribution >= 0.6 is 0 Å². The van der Waals surface area contributed by atoms with Crippen LogP contribution in [0.2, 0.25) is 0 Å². The van der Waals surface area contributed by atoms with E-state index in [4.69, 9.17) is 4.42 Å². The molecule has 0 fully saturated rings. The first-order chi connectivity index (χ1) is 11.0. The van der Waals surface area contributed by atoms with Crippen molar-refractivity contribution in [1.82, 2.24) is 9.78 Å². The summed E-state index contributed by atoms with van der Waals surface area (Å²) in [6.45, 7) is -0.144. The van der Waals surface area contributed by atoms with Crippen LogP contribution in [0.5, 0.6) is 0 Å². The summed E-state index contributed by atoms with van der Waals surface area (Å²) in [6.07, 6.45) is -1.04. The highest BCUT2D eigenvalue weighted by molar-refractivity contribution is 5.51. The van der Waals surface area contributed by atoms with Gasteiger partial charge in [-0.05, 0) is 42.0 Å². The third-order valence-corrected chi connectivity index (χ3v) is 3.30. The Hall–Kier alpha value is -2.80. The number of benzene rings is 2. The van der Waals surface area contributed by atoms with Crippen LogP contribution in [-0.2, 0) is 6.54 Å². The molecule has 7 heteroatoms. The molecule has 0 amide bonds. The van der Waals surface area contributed by atoms with Gasteiger partial charge in [0.1, 0.15) is 11.6 Å². The van der Waals surface area contributed by atoms with E-state index in [9.17, 15) is 18.7 Å². The maximum absolute atomic E-state index is 12.9. The van der Waals surface area contributed by atoms with Gasteiger partial charge < -0.3 is 9.52 Å². The zero-order valence-corrected chi connectivity index (χ0v) is 11.8. The highest BCUT2D eigenvalue weighted by atomic mass is 19.1. The Balaban J connectivity index is 1.82. The van der Waals surface area contributed by atoms with Crippen molar-refractivity contribution in [2.24, 2.45) is 0 Å². The Morgan fingerprint density at radius 1 is 1.04 bits per heavy atom. The average Bonchev–Trinajstić information content (AvgIpc) is 2.89. The van der Waals surface area contributed by atoms with Crippen LogP contribution in [-0.4, -0.2) is 14.9 Å². The Morgan fingerprint density at radius 3 is 2.22 bits per heavy atom. The summed E-state index contributed by atoms with van der Waals surface area (Å²) in [5, 5.41) is 14.1. The van der Waals surface area contributed by atoms with Crippen molar-refractivity contribution < 1.29 is 18.3 Å². The van der Waals surface area contributed by atoms with Crippen LogP contribution in [0.4, 0.5) is 8.78 Å². The van der Waals surface area contributed by atoms with Crippen molar-refractivity contribution in [2.75, 3.05) is 0 Å². The molecular formula is C16H12F2N2O3. The molecule has 23 heavy (non-hydrogen) atoms. The molecule has 3 rings (SSSR count). The molecule has 1 aromatic heterocycles. The lowest BCUT2D eigenvalue weighted by Gasteiger charge is -2.09. The van der Waals surface area contributed by atoms with E-state index in [2.05, 4.69) is 5.10 Å².